The van der Waals surface area contributed by atoms with Gasteiger partial charge in [0.15, 0.2) is 0 Å². The molecule has 0 radical (unpaired) electrons. The summed E-state index contributed by atoms with van der Waals surface area (Å²) < 4.78 is 0. The molecule has 1 aromatic carbocycles. The van der Waals surface area contributed by atoms with E-state index in [1.54, 1.807) is 11.3 Å². The Morgan fingerprint density at radius 2 is 1.93 bits per heavy atom. The Hall–Kier alpha value is -1.36. The molecule has 3 nitrogen and oxygen atoms in total. The van der Waals surface area contributed by atoms with Crippen LogP contribution in [0.4, 0.5) is 0 Å². The maximum atomic E-state index is 12.9. The van der Waals surface area contributed by atoms with Crippen molar-refractivity contribution in [2.24, 2.45) is 11.8 Å². The molecule has 3 fully saturated rings. The zero-order valence-corrected chi connectivity index (χ0v) is 17.0. The summed E-state index contributed by atoms with van der Waals surface area (Å²) in [7, 11) is 0. The molecule has 0 bridgehead atoms. The fourth-order valence-electron chi connectivity index (χ4n) is 4.95. The SMILES string of the molecule is O=C(C1CC1)N1C[C@@H](c2ccsc2)[C@@H]2CN(Cc3ccc(Cl)cc3)CC[C@@H]21. The van der Waals surface area contributed by atoms with Crippen LogP contribution in [0.15, 0.2) is 41.1 Å². The van der Waals surface area contributed by atoms with Gasteiger partial charge in [0, 0.05) is 55.0 Å². The van der Waals surface area contributed by atoms with E-state index in [9.17, 15) is 4.79 Å². The Bertz CT molecular complexity index is 802. The molecule has 3 atom stereocenters. The zero-order valence-electron chi connectivity index (χ0n) is 15.4. The van der Waals surface area contributed by atoms with Crippen molar-refractivity contribution in [3.05, 3.63) is 57.2 Å². The number of piperidine rings is 1. The molecule has 2 aliphatic heterocycles. The Labute approximate surface area is 169 Å². The van der Waals surface area contributed by atoms with Crippen LogP contribution in [0.2, 0.25) is 5.02 Å². The molecule has 0 spiro atoms. The van der Waals surface area contributed by atoms with E-state index in [-0.39, 0.29) is 0 Å². The molecule has 1 aromatic heterocycles. The van der Waals surface area contributed by atoms with Crippen LogP contribution in [0.25, 0.3) is 0 Å². The predicted octanol–water partition coefficient (Wildman–Crippen LogP) is 4.63. The number of carbonyl (C=O) groups is 1. The Morgan fingerprint density at radius 3 is 2.63 bits per heavy atom. The number of hydrogen-bond donors (Lipinski definition) is 0. The molecular weight excluding hydrogens is 376 g/mol. The first kappa shape index (κ1) is 17.7. The van der Waals surface area contributed by atoms with Crippen LogP contribution in [0.3, 0.4) is 0 Å². The van der Waals surface area contributed by atoms with Gasteiger partial charge in [0.1, 0.15) is 0 Å². The maximum absolute atomic E-state index is 12.9. The molecule has 5 rings (SSSR count). The second-order valence-electron chi connectivity index (χ2n) is 8.31. The predicted molar refractivity (Wildman–Crippen MR) is 110 cm³/mol. The molecule has 1 saturated carbocycles. The molecule has 3 heterocycles. The number of thiophene rings is 1. The van der Waals surface area contributed by atoms with E-state index >= 15 is 0 Å². The van der Waals surface area contributed by atoms with E-state index in [2.05, 4.69) is 38.8 Å². The fraction of sp³-hybridized carbons (Fsp3) is 0.500. The van der Waals surface area contributed by atoms with Gasteiger partial charge < -0.3 is 4.90 Å². The van der Waals surface area contributed by atoms with E-state index in [0.29, 0.717) is 29.7 Å². The van der Waals surface area contributed by atoms with Crippen molar-refractivity contribution in [2.45, 2.75) is 37.8 Å². The summed E-state index contributed by atoms with van der Waals surface area (Å²) in [5.74, 6) is 1.77. The van der Waals surface area contributed by atoms with E-state index in [4.69, 9.17) is 11.6 Å². The van der Waals surface area contributed by atoms with Gasteiger partial charge in [-0.2, -0.15) is 11.3 Å². The van der Waals surface area contributed by atoms with Crippen LogP contribution in [-0.2, 0) is 11.3 Å². The number of carbonyl (C=O) groups excluding carboxylic acids is 1. The van der Waals surface area contributed by atoms with Gasteiger partial charge in [0.2, 0.25) is 5.91 Å². The van der Waals surface area contributed by atoms with Gasteiger partial charge in [-0.3, -0.25) is 9.69 Å². The maximum Gasteiger partial charge on any atom is 0.225 e. The Kier molecular flexibility index (Phi) is 4.75. The lowest BCUT2D eigenvalue weighted by Gasteiger charge is -2.39. The highest BCUT2D eigenvalue weighted by atomic mass is 35.5. The number of benzene rings is 1. The van der Waals surface area contributed by atoms with Crippen LogP contribution in [0, 0.1) is 11.8 Å². The van der Waals surface area contributed by atoms with Crippen molar-refractivity contribution in [1.29, 1.82) is 0 Å². The third kappa shape index (κ3) is 3.55. The van der Waals surface area contributed by atoms with Crippen molar-refractivity contribution < 1.29 is 4.79 Å². The van der Waals surface area contributed by atoms with Crippen molar-refractivity contribution >= 4 is 28.8 Å². The molecule has 1 aliphatic carbocycles. The second-order valence-corrected chi connectivity index (χ2v) is 9.53. The number of rotatable bonds is 4. The highest BCUT2D eigenvalue weighted by molar-refractivity contribution is 7.08. The summed E-state index contributed by atoms with van der Waals surface area (Å²) >= 11 is 7.80. The third-order valence-corrected chi connectivity index (χ3v) is 7.47. The molecule has 5 heteroatoms. The smallest absolute Gasteiger partial charge is 0.225 e. The molecule has 0 N–H and O–H groups in total. The standard InChI is InChI=1S/C22H25ClN2OS/c23-18-5-1-15(2-6-18)11-24-9-7-21-20(12-24)19(17-8-10-27-14-17)13-25(21)22(26)16-3-4-16/h1-2,5-6,8,10,14,16,19-21H,3-4,7,9,11-13H2/t19-,20-,21-/m0/s1. The third-order valence-electron chi connectivity index (χ3n) is 6.52. The monoisotopic (exact) mass is 400 g/mol. The molecule has 142 valence electrons. The molecule has 27 heavy (non-hydrogen) atoms. The molecule has 2 aromatic rings. The van der Waals surface area contributed by atoms with Gasteiger partial charge in [-0.1, -0.05) is 23.7 Å². The van der Waals surface area contributed by atoms with Crippen LogP contribution in [0.1, 0.15) is 36.3 Å². The Balaban J connectivity index is 1.35. The van der Waals surface area contributed by atoms with Crippen molar-refractivity contribution in [3.8, 4) is 0 Å². The van der Waals surface area contributed by atoms with Crippen molar-refractivity contribution in [1.82, 2.24) is 9.80 Å². The van der Waals surface area contributed by atoms with Crippen molar-refractivity contribution in [3.63, 3.8) is 0 Å². The number of hydrogen-bond acceptors (Lipinski definition) is 3. The minimum absolute atomic E-state index is 0.318. The largest absolute Gasteiger partial charge is 0.338 e. The summed E-state index contributed by atoms with van der Waals surface area (Å²) in [4.78, 5) is 17.7. The van der Waals surface area contributed by atoms with Gasteiger partial charge in [0.05, 0.1) is 0 Å². The summed E-state index contributed by atoms with van der Waals surface area (Å²) in [6.45, 7) is 4.01. The molecule has 1 amide bonds. The van der Waals surface area contributed by atoms with Gasteiger partial charge in [0.25, 0.3) is 0 Å². The summed E-state index contributed by atoms with van der Waals surface area (Å²) in [5.41, 5.74) is 2.74. The first-order valence-electron chi connectivity index (χ1n) is 9.98. The highest BCUT2D eigenvalue weighted by Crippen LogP contribution is 2.44. The molecule has 3 aliphatic rings. The van der Waals surface area contributed by atoms with Gasteiger partial charge >= 0.3 is 0 Å². The van der Waals surface area contributed by atoms with Gasteiger partial charge in [-0.25, -0.2) is 0 Å². The first-order valence-corrected chi connectivity index (χ1v) is 11.3. The number of amides is 1. The van der Waals surface area contributed by atoms with Crippen LogP contribution in [0.5, 0.6) is 0 Å². The quantitative estimate of drug-likeness (QED) is 0.747. The topological polar surface area (TPSA) is 23.6 Å². The van der Waals surface area contributed by atoms with E-state index in [1.807, 2.05) is 12.1 Å². The van der Waals surface area contributed by atoms with Crippen LogP contribution >= 0.6 is 22.9 Å². The number of fused-ring (bicyclic) bond motifs is 1. The van der Waals surface area contributed by atoms with Gasteiger partial charge in [-0.05, 0) is 59.3 Å². The average molecular weight is 401 g/mol. The van der Waals surface area contributed by atoms with E-state index < -0.39 is 0 Å². The van der Waals surface area contributed by atoms with Crippen LogP contribution < -0.4 is 0 Å². The second kappa shape index (κ2) is 7.23. The lowest BCUT2D eigenvalue weighted by molar-refractivity contribution is -0.134. The van der Waals surface area contributed by atoms with E-state index in [1.165, 1.54) is 11.1 Å². The van der Waals surface area contributed by atoms with Gasteiger partial charge in [-0.15, -0.1) is 0 Å². The minimum atomic E-state index is 0.318. The lowest BCUT2D eigenvalue weighted by atomic mass is 9.82. The van der Waals surface area contributed by atoms with Crippen LogP contribution in [-0.4, -0.2) is 41.4 Å². The number of likely N-dealkylation sites (tertiary alicyclic amines) is 2. The van der Waals surface area contributed by atoms with Crippen molar-refractivity contribution in [2.75, 3.05) is 19.6 Å². The summed E-state index contributed by atoms with van der Waals surface area (Å²) in [6.07, 6.45) is 3.29. The minimum Gasteiger partial charge on any atom is -0.338 e. The first-order chi connectivity index (χ1) is 13.2. The average Bonchev–Trinajstić information content (AvgIpc) is 3.26. The normalized spacial score (nSPS) is 28.3. The highest BCUT2D eigenvalue weighted by Gasteiger charge is 2.49. The molecule has 0 unspecified atom stereocenters. The lowest BCUT2D eigenvalue weighted by Crippen LogP contribution is -2.48. The number of nitrogens with zero attached hydrogens (tertiary/aromatic N) is 2. The zero-order chi connectivity index (χ0) is 18.4. The summed E-state index contributed by atoms with van der Waals surface area (Å²) in [6, 6.07) is 10.9. The summed E-state index contributed by atoms with van der Waals surface area (Å²) in [5, 5.41) is 5.25. The Morgan fingerprint density at radius 1 is 1.11 bits per heavy atom. The molecular formula is C22H25ClN2OS. The number of halogens is 1. The fourth-order valence-corrected chi connectivity index (χ4v) is 5.80. The van der Waals surface area contributed by atoms with E-state index in [0.717, 1.165) is 50.5 Å². The molecule has 2 saturated heterocycles.